The van der Waals surface area contributed by atoms with Crippen molar-refractivity contribution in [3.63, 3.8) is 0 Å². The Labute approximate surface area is 80.3 Å². The molecular weight excluding hydrogens is 196 g/mol. The molecule has 0 heterocycles. The van der Waals surface area contributed by atoms with Crippen LogP contribution in [0.4, 0.5) is 8.78 Å². The fourth-order valence-corrected chi connectivity index (χ4v) is 0.891. The third-order valence-corrected chi connectivity index (χ3v) is 1.40. The molecule has 0 aromatic heterocycles. The summed E-state index contributed by atoms with van der Waals surface area (Å²) in [5.41, 5.74) is 0. The van der Waals surface area contributed by atoms with E-state index in [1.54, 1.807) is 19.2 Å². The number of carboxylic acid groups (broad SMARTS) is 1. The van der Waals surface area contributed by atoms with Crippen molar-refractivity contribution in [2.45, 2.75) is 26.2 Å². The maximum absolute atomic E-state index is 12.9. The molecule has 0 fully saturated rings. The van der Waals surface area contributed by atoms with Gasteiger partial charge in [0.25, 0.3) is 5.91 Å². The Kier molecular flexibility index (Phi) is 4.46. The summed E-state index contributed by atoms with van der Waals surface area (Å²) in [5, 5.41) is 9.79. The van der Waals surface area contributed by atoms with E-state index < -0.39 is 30.8 Å². The lowest BCUT2D eigenvalue weighted by Gasteiger charge is -2.16. The number of aliphatic carboxylic acids is 1. The van der Waals surface area contributed by atoms with Gasteiger partial charge in [-0.2, -0.15) is 8.78 Å². The highest BCUT2D eigenvalue weighted by molar-refractivity contribution is 5.86. The molecule has 4 nitrogen and oxygen atoms in total. The molecule has 82 valence electrons. The van der Waals surface area contributed by atoms with Crippen molar-refractivity contribution >= 4 is 11.9 Å². The van der Waals surface area contributed by atoms with Gasteiger partial charge in [0.1, 0.15) is 6.54 Å². The molecule has 0 saturated carbocycles. The first kappa shape index (κ1) is 12.8. The van der Waals surface area contributed by atoms with Crippen LogP contribution in [0.1, 0.15) is 20.3 Å². The third kappa shape index (κ3) is 4.74. The quantitative estimate of drug-likeness (QED) is 0.706. The third-order valence-electron chi connectivity index (χ3n) is 1.40. The number of carboxylic acids is 1. The summed E-state index contributed by atoms with van der Waals surface area (Å²) in [7, 11) is 0. The second kappa shape index (κ2) is 4.88. The molecule has 0 bridgehead atoms. The first-order valence-electron chi connectivity index (χ1n) is 4.13. The zero-order valence-corrected chi connectivity index (χ0v) is 8.01. The summed E-state index contributed by atoms with van der Waals surface area (Å²) in [6, 6.07) is 0. The molecule has 2 N–H and O–H groups in total. The van der Waals surface area contributed by atoms with E-state index >= 15 is 0 Å². The molecule has 0 aromatic rings. The van der Waals surface area contributed by atoms with E-state index in [9.17, 15) is 18.4 Å². The van der Waals surface area contributed by atoms with Crippen molar-refractivity contribution in [1.82, 2.24) is 5.32 Å². The second-order valence-electron chi connectivity index (χ2n) is 3.38. The van der Waals surface area contributed by atoms with Crippen LogP contribution < -0.4 is 5.32 Å². The molecule has 0 radical (unpaired) electrons. The largest absolute Gasteiger partial charge is 0.480 e. The summed E-state index contributed by atoms with van der Waals surface area (Å²) in [4.78, 5) is 20.8. The highest BCUT2D eigenvalue weighted by Crippen LogP contribution is 2.23. The Morgan fingerprint density at radius 2 is 1.93 bits per heavy atom. The van der Waals surface area contributed by atoms with Gasteiger partial charge in [0.05, 0.1) is 0 Å². The van der Waals surface area contributed by atoms with Crippen molar-refractivity contribution in [2.75, 3.05) is 6.54 Å². The van der Waals surface area contributed by atoms with Crippen LogP contribution in [-0.2, 0) is 9.59 Å². The fourth-order valence-electron chi connectivity index (χ4n) is 0.891. The summed E-state index contributed by atoms with van der Waals surface area (Å²) >= 11 is 0. The minimum Gasteiger partial charge on any atom is -0.480 e. The number of carbonyl (C=O) groups excluding carboxylic acids is 1. The van der Waals surface area contributed by atoms with Crippen LogP contribution in [0, 0.1) is 5.92 Å². The maximum atomic E-state index is 12.9. The van der Waals surface area contributed by atoms with E-state index in [0.29, 0.717) is 0 Å². The van der Waals surface area contributed by atoms with Crippen LogP contribution in [0.25, 0.3) is 0 Å². The van der Waals surface area contributed by atoms with Crippen molar-refractivity contribution in [1.29, 1.82) is 0 Å². The molecule has 0 saturated heterocycles. The van der Waals surface area contributed by atoms with E-state index in [4.69, 9.17) is 5.11 Å². The van der Waals surface area contributed by atoms with Crippen molar-refractivity contribution < 1.29 is 23.5 Å². The molecule has 1 amide bonds. The number of alkyl halides is 2. The zero-order valence-electron chi connectivity index (χ0n) is 8.01. The van der Waals surface area contributed by atoms with Crippen LogP contribution >= 0.6 is 0 Å². The number of hydrogen-bond donors (Lipinski definition) is 2. The summed E-state index contributed by atoms with van der Waals surface area (Å²) in [5.74, 6) is -6.71. The van der Waals surface area contributed by atoms with E-state index in [2.05, 4.69) is 0 Å². The number of hydrogen-bond acceptors (Lipinski definition) is 2. The monoisotopic (exact) mass is 209 g/mol. The molecule has 0 atom stereocenters. The van der Waals surface area contributed by atoms with Gasteiger partial charge in [-0.25, -0.2) is 0 Å². The molecular formula is C8H13F2NO3. The number of rotatable bonds is 5. The first-order chi connectivity index (χ1) is 6.25. The predicted molar refractivity (Wildman–Crippen MR) is 45.0 cm³/mol. The summed E-state index contributed by atoms with van der Waals surface area (Å²) < 4.78 is 25.8. The first-order valence-corrected chi connectivity index (χ1v) is 4.13. The highest BCUT2D eigenvalue weighted by Gasteiger charge is 2.39. The van der Waals surface area contributed by atoms with E-state index in [-0.39, 0.29) is 5.92 Å². The summed E-state index contributed by atoms with van der Waals surface area (Å²) in [6.07, 6.45) is -0.585. The molecule has 0 unspecified atom stereocenters. The SMILES string of the molecule is CC(C)CC(F)(F)C(=O)NCC(=O)O. The van der Waals surface area contributed by atoms with Crippen molar-refractivity contribution in [3.05, 3.63) is 0 Å². The zero-order chi connectivity index (χ0) is 11.4. The van der Waals surface area contributed by atoms with Gasteiger partial charge < -0.3 is 10.4 Å². The van der Waals surface area contributed by atoms with Crippen molar-refractivity contribution in [2.24, 2.45) is 5.92 Å². The number of carbonyl (C=O) groups is 2. The smallest absolute Gasteiger partial charge is 0.324 e. The molecule has 6 heteroatoms. The molecule has 0 spiro atoms. The lowest BCUT2D eigenvalue weighted by molar-refractivity contribution is -0.150. The number of amides is 1. The average Bonchev–Trinajstić information content (AvgIpc) is 1.97. The van der Waals surface area contributed by atoms with Gasteiger partial charge >= 0.3 is 11.9 Å². The lowest BCUT2D eigenvalue weighted by Crippen LogP contribution is -2.43. The highest BCUT2D eigenvalue weighted by atomic mass is 19.3. The molecule has 14 heavy (non-hydrogen) atoms. The molecule has 0 aromatic carbocycles. The Hall–Kier alpha value is -1.20. The average molecular weight is 209 g/mol. The standard InChI is InChI=1S/C8H13F2NO3/c1-5(2)3-8(9,10)7(14)11-4-6(12)13/h5H,3-4H2,1-2H3,(H,11,14)(H,12,13). The Bertz CT molecular complexity index is 229. The Morgan fingerprint density at radius 1 is 1.43 bits per heavy atom. The Morgan fingerprint density at radius 3 is 2.29 bits per heavy atom. The van der Waals surface area contributed by atoms with Gasteiger partial charge in [0.15, 0.2) is 0 Å². The fraction of sp³-hybridized carbons (Fsp3) is 0.750. The van der Waals surface area contributed by atoms with E-state index in [1.165, 1.54) is 0 Å². The molecule has 0 rings (SSSR count). The van der Waals surface area contributed by atoms with E-state index in [0.717, 1.165) is 0 Å². The van der Waals surface area contributed by atoms with Crippen LogP contribution in [-0.4, -0.2) is 29.5 Å². The van der Waals surface area contributed by atoms with Gasteiger partial charge in [-0.15, -0.1) is 0 Å². The van der Waals surface area contributed by atoms with Gasteiger partial charge in [0, 0.05) is 6.42 Å². The minimum absolute atomic E-state index is 0.333. The van der Waals surface area contributed by atoms with Crippen LogP contribution in [0.2, 0.25) is 0 Å². The number of halogens is 2. The van der Waals surface area contributed by atoms with Crippen LogP contribution in [0.3, 0.4) is 0 Å². The van der Waals surface area contributed by atoms with Crippen molar-refractivity contribution in [3.8, 4) is 0 Å². The lowest BCUT2D eigenvalue weighted by atomic mass is 10.0. The topological polar surface area (TPSA) is 66.4 Å². The van der Waals surface area contributed by atoms with Gasteiger partial charge in [0.2, 0.25) is 0 Å². The molecule has 0 aliphatic carbocycles. The second-order valence-corrected chi connectivity index (χ2v) is 3.38. The minimum atomic E-state index is -3.50. The normalized spacial score (nSPS) is 11.5. The van der Waals surface area contributed by atoms with Crippen LogP contribution in [0.15, 0.2) is 0 Å². The van der Waals surface area contributed by atoms with Gasteiger partial charge in [-0.3, -0.25) is 9.59 Å². The Balaban J connectivity index is 4.14. The van der Waals surface area contributed by atoms with E-state index in [1.807, 2.05) is 0 Å². The van der Waals surface area contributed by atoms with Gasteiger partial charge in [-0.05, 0) is 5.92 Å². The predicted octanol–water partition coefficient (Wildman–Crippen LogP) is 0.869. The molecule has 0 aliphatic heterocycles. The van der Waals surface area contributed by atoms with Crippen LogP contribution in [0.5, 0.6) is 0 Å². The summed E-state index contributed by atoms with van der Waals surface area (Å²) in [6.45, 7) is 2.32. The number of nitrogens with one attached hydrogen (secondary N) is 1. The van der Waals surface area contributed by atoms with Gasteiger partial charge in [-0.1, -0.05) is 13.8 Å². The molecule has 0 aliphatic rings. The maximum Gasteiger partial charge on any atom is 0.324 e.